The SMILES string of the molecule is COC(=O)CCCNC(=O)Cc1coc2cc(OC)ccc12. The number of methoxy groups -OCH3 is 2. The van der Waals surface area contributed by atoms with Gasteiger partial charge in [-0.05, 0) is 18.6 Å². The van der Waals surface area contributed by atoms with Crippen LogP contribution in [-0.2, 0) is 20.7 Å². The van der Waals surface area contributed by atoms with E-state index in [1.54, 1.807) is 19.4 Å². The summed E-state index contributed by atoms with van der Waals surface area (Å²) in [7, 11) is 2.94. The number of rotatable bonds is 7. The number of fused-ring (bicyclic) bond motifs is 1. The fraction of sp³-hybridized carbons (Fsp3) is 0.375. The van der Waals surface area contributed by atoms with Crippen LogP contribution in [0.15, 0.2) is 28.9 Å². The van der Waals surface area contributed by atoms with E-state index in [2.05, 4.69) is 10.1 Å². The summed E-state index contributed by atoms with van der Waals surface area (Å²) in [4.78, 5) is 22.9. The van der Waals surface area contributed by atoms with Crippen LogP contribution in [0.4, 0.5) is 0 Å². The zero-order valence-corrected chi connectivity index (χ0v) is 12.7. The molecule has 1 heterocycles. The lowest BCUT2D eigenvalue weighted by Gasteiger charge is -2.04. The molecule has 2 aromatic rings. The van der Waals surface area contributed by atoms with Crippen LogP contribution in [0.3, 0.4) is 0 Å². The molecule has 118 valence electrons. The number of esters is 1. The van der Waals surface area contributed by atoms with Gasteiger partial charge in [0.15, 0.2) is 0 Å². The first-order chi connectivity index (χ1) is 10.6. The highest BCUT2D eigenvalue weighted by Gasteiger charge is 2.11. The first-order valence-corrected chi connectivity index (χ1v) is 7.01. The van der Waals surface area contributed by atoms with Crippen molar-refractivity contribution in [3.05, 3.63) is 30.0 Å². The number of hydrogen-bond acceptors (Lipinski definition) is 5. The Labute approximate surface area is 128 Å². The minimum absolute atomic E-state index is 0.108. The molecule has 0 saturated carbocycles. The number of carbonyl (C=O) groups is 2. The smallest absolute Gasteiger partial charge is 0.305 e. The number of nitrogens with one attached hydrogen (secondary N) is 1. The Hall–Kier alpha value is -2.50. The third-order valence-electron chi connectivity index (χ3n) is 3.32. The molecule has 0 radical (unpaired) electrons. The molecule has 0 fully saturated rings. The molecule has 0 aliphatic rings. The first-order valence-electron chi connectivity index (χ1n) is 7.01. The molecule has 22 heavy (non-hydrogen) atoms. The standard InChI is InChI=1S/C16H19NO5/c1-20-12-5-6-13-11(10-22-14(13)9-12)8-15(18)17-7-3-4-16(19)21-2/h5-6,9-10H,3-4,7-8H2,1-2H3,(H,17,18). The van der Waals surface area contributed by atoms with Crippen molar-refractivity contribution in [2.24, 2.45) is 0 Å². The fourth-order valence-electron chi connectivity index (χ4n) is 2.13. The van der Waals surface area contributed by atoms with Gasteiger partial charge in [0.05, 0.1) is 26.9 Å². The maximum absolute atomic E-state index is 11.9. The van der Waals surface area contributed by atoms with Crippen LogP contribution in [0.1, 0.15) is 18.4 Å². The van der Waals surface area contributed by atoms with E-state index in [0.29, 0.717) is 30.7 Å². The number of furan rings is 1. The van der Waals surface area contributed by atoms with Crippen molar-refractivity contribution in [2.75, 3.05) is 20.8 Å². The van der Waals surface area contributed by atoms with Crippen molar-refractivity contribution in [3.8, 4) is 5.75 Å². The van der Waals surface area contributed by atoms with Gasteiger partial charge >= 0.3 is 5.97 Å². The molecule has 6 nitrogen and oxygen atoms in total. The summed E-state index contributed by atoms with van der Waals surface area (Å²) >= 11 is 0. The van der Waals surface area contributed by atoms with Crippen LogP contribution in [-0.4, -0.2) is 32.6 Å². The zero-order chi connectivity index (χ0) is 15.9. The van der Waals surface area contributed by atoms with E-state index in [1.165, 1.54) is 7.11 Å². The quantitative estimate of drug-likeness (QED) is 0.626. The van der Waals surface area contributed by atoms with Gasteiger partial charge in [0.1, 0.15) is 11.3 Å². The summed E-state index contributed by atoms with van der Waals surface area (Å²) < 4.78 is 15.1. The second-order valence-corrected chi connectivity index (χ2v) is 4.83. The first kappa shape index (κ1) is 15.9. The average Bonchev–Trinajstić information content (AvgIpc) is 2.93. The van der Waals surface area contributed by atoms with Crippen molar-refractivity contribution in [1.82, 2.24) is 5.32 Å². The summed E-state index contributed by atoms with van der Waals surface area (Å²) in [6, 6.07) is 5.49. The number of benzene rings is 1. The van der Waals surface area contributed by atoms with Gasteiger partial charge in [0.2, 0.25) is 5.91 Å². The van der Waals surface area contributed by atoms with Crippen LogP contribution in [0.25, 0.3) is 11.0 Å². The molecule has 1 aromatic heterocycles. The molecule has 0 unspecified atom stereocenters. The van der Waals surface area contributed by atoms with Gasteiger partial charge in [0, 0.05) is 30.0 Å². The number of amides is 1. The van der Waals surface area contributed by atoms with Crippen molar-refractivity contribution in [1.29, 1.82) is 0 Å². The van der Waals surface area contributed by atoms with E-state index in [0.717, 1.165) is 10.9 Å². The summed E-state index contributed by atoms with van der Waals surface area (Å²) in [6.45, 7) is 0.442. The Kier molecular flexibility index (Phi) is 5.41. The molecular formula is C16H19NO5. The van der Waals surface area contributed by atoms with Gasteiger partial charge in [-0.15, -0.1) is 0 Å². The maximum Gasteiger partial charge on any atom is 0.305 e. The van der Waals surface area contributed by atoms with Crippen LogP contribution in [0.5, 0.6) is 5.75 Å². The van der Waals surface area contributed by atoms with Gasteiger partial charge < -0.3 is 19.2 Å². The zero-order valence-electron chi connectivity index (χ0n) is 12.7. The molecule has 1 amide bonds. The number of carbonyl (C=O) groups excluding carboxylic acids is 2. The predicted molar refractivity (Wildman–Crippen MR) is 80.7 cm³/mol. The van der Waals surface area contributed by atoms with Gasteiger partial charge in [-0.1, -0.05) is 0 Å². The minimum Gasteiger partial charge on any atom is -0.497 e. The highest BCUT2D eigenvalue weighted by molar-refractivity contribution is 5.88. The largest absolute Gasteiger partial charge is 0.497 e. The van der Waals surface area contributed by atoms with Gasteiger partial charge in [-0.3, -0.25) is 9.59 Å². The van der Waals surface area contributed by atoms with E-state index in [1.807, 2.05) is 12.1 Å². The lowest BCUT2D eigenvalue weighted by molar-refractivity contribution is -0.140. The van der Waals surface area contributed by atoms with Gasteiger partial charge in [0.25, 0.3) is 0 Å². The van der Waals surface area contributed by atoms with Crippen LogP contribution in [0, 0.1) is 0 Å². The third-order valence-corrected chi connectivity index (χ3v) is 3.32. The molecule has 0 atom stereocenters. The highest BCUT2D eigenvalue weighted by atomic mass is 16.5. The van der Waals surface area contributed by atoms with Gasteiger partial charge in [-0.2, -0.15) is 0 Å². The van der Waals surface area contributed by atoms with E-state index < -0.39 is 0 Å². The lowest BCUT2D eigenvalue weighted by atomic mass is 10.1. The molecule has 0 aliphatic carbocycles. The highest BCUT2D eigenvalue weighted by Crippen LogP contribution is 2.25. The van der Waals surface area contributed by atoms with Gasteiger partial charge in [-0.25, -0.2) is 0 Å². The van der Waals surface area contributed by atoms with Crippen LogP contribution >= 0.6 is 0 Å². The molecule has 0 spiro atoms. The van der Waals surface area contributed by atoms with Crippen molar-refractivity contribution >= 4 is 22.8 Å². The Morgan fingerprint density at radius 3 is 2.82 bits per heavy atom. The van der Waals surface area contributed by atoms with E-state index in [-0.39, 0.29) is 18.3 Å². The molecule has 0 aliphatic heterocycles. The second-order valence-electron chi connectivity index (χ2n) is 4.83. The average molecular weight is 305 g/mol. The molecule has 2 rings (SSSR count). The van der Waals surface area contributed by atoms with Crippen molar-refractivity contribution in [3.63, 3.8) is 0 Å². The maximum atomic E-state index is 11.9. The monoisotopic (exact) mass is 305 g/mol. The van der Waals surface area contributed by atoms with Crippen LogP contribution < -0.4 is 10.1 Å². The normalized spacial score (nSPS) is 10.5. The second kappa shape index (κ2) is 7.49. The summed E-state index contributed by atoms with van der Waals surface area (Å²) in [5.41, 5.74) is 1.51. The van der Waals surface area contributed by atoms with E-state index >= 15 is 0 Å². The molecule has 1 aromatic carbocycles. The van der Waals surface area contributed by atoms with Crippen LogP contribution in [0.2, 0.25) is 0 Å². The predicted octanol–water partition coefficient (Wildman–Crippen LogP) is 2.05. The lowest BCUT2D eigenvalue weighted by Crippen LogP contribution is -2.26. The fourth-order valence-corrected chi connectivity index (χ4v) is 2.13. The number of ether oxygens (including phenoxy) is 2. The summed E-state index contributed by atoms with van der Waals surface area (Å²) in [5.74, 6) is 0.327. The molecule has 1 N–H and O–H groups in total. The van der Waals surface area contributed by atoms with Crippen molar-refractivity contribution < 1.29 is 23.5 Å². The summed E-state index contributed by atoms with van der Waals surface area (Å²) in [6.07, 6.45) is 2.67. The Morgan fingerprint density at radius 1 is 1.27 bits per heavy atom. The Balaban J connectivity index is 1.88. The third kappa shape index (κ3) is 4.00. The van der Waals surface area contributed by atoms with E-state index in [9.17, 15) is 9.59 Å². The van der Waals surface area contributed by atoms with E-state index in [4.69, 9.17) is 9.15 Å². The molecule has 6 heteroatoms. The van der Waals surface area contributed by atoms with Crippen molar-refractivity contribution in [2.45, 2.75) is 19.3 Å². The summed E-state index contributed by atoms with van der Waals surface area (Å²) in [5, 5.41) is 3.67. The Morgan fingerprint density at radius 2 is 2.09 bits per heavy atom. The number of hydrogen-bond donors (Lipinski definition) is 1. The Bertz CT molecular complexity index is 662. The molecule has 0 bridgehead atoms. The minimum atomic E-state index is -0.274. The molecule has 0 saturated heterocycles. The molecular weight excluding hydrogens is 286 g/mol. The topological polar surface area (TPSA) is 77.8 Å².